The average molecular weight is 229 g/mol. The van der Waals surface area contributed by atoms with E-state index in [0.29, 0.717) is 5.92 Å². The third-order valence-corrected chi connectivity index (χ3v) is 3.86. The lowest BCUT2D eigenvalue weighted by Gasteiger charge is -2.29. The molecule has 0 saturated heterocycles. The molecule has 0 radical (unpaired) electrons. The second kappa shape index (κ2) is 5.99. The van der Waals surface area contributed by atoms with Gasteiger partial charge in [0.05, 0.1) is 12.7 Å². The summed E-state index contributed by atoms with van der Waals surface area (Å²) in [6.45, 7) is 9.34. The molecule has 1 rings (SSSR count). The van der Waals surface area contributed by atoms with Gasteiger partial charge in [-0.15, -0.1) is 0 Å². The van der Waals surface area contributed by atoms with Gasteiger partial charge in [-0.1, -0.05) is 20.8 Å². The van der Waals surface area contributed by atoms with E-state index in [1.807, 2.05) is 0 Å². The van der Waals surface area contributed by atoms with Gasteiger partial charge in [-0.25, -0.2) is 0 Å². The first-order valence-electron chi connectivity index (χ1n) is 6.52. The van der Waals surface area contributed by atoms with Crippen molar-refractivity contribution in [3.8, 4) is 0 Å². The molecule has 0 aliphatic heterocycles. The van der Waals surface area contributed by atoms with E-state index in [1.165, 1.54) is 0 Å². The van der Waals surface area contributed by atoms with Gasteiger partial charge in [0.15, 0.2) is 0 Å². The molecule has 3 heteroatoms. The molecule has 0 amide bonds. The summed E-state index contributed by atoms with van der Waals surface area (Å²) >= 11 is 0. The average Bonchev–Trinajstić information content (AvgIpc) is 2.46. The fraction of sp³-hybridized carbons (Fsp3) is 1.00. The quantitative estimate of drug-likeness (QED) is 0.725. The maximum absolute atomic E-state index is 10.2. The fourth-order valence-corrected chi connectivity index (χ4v) is 2.78. The van der Waals surface area contributed by atoms with Crippen LogP contribution in [-0.4, -0.2) is 47.5 Å². The van der Waals surface area contributed by atoms with Crippen LogP contribution in [0.4, 0.5) is 0 Å². The summed E-state index contributed by atoms with van der Waals surface area (Å²) in [6, 6.07) is 0. The number of hydrogen-bond acceptors (Lipinski definition) is 3. The largest absolute Gasteiger partial charge is 0.395 e. The molecule has 3 nitrogen and oxygen atoms in total. The van der Waals surface area contributed by atoms with Crippen molar-refractivity contribution >= 4 is 0 Å². The van der Waals surface area contributed by atoms with Crippen molar-refractivity contribution in [2.24, 2.45) is 11.3 Å². The van der Waals surface area contributed by atoms with E-state index in [9.17, 15) is 5.11 Å². The Kier molecular flexibility index (Phi) is 5.22. The molecule has 1 fully saturated rings. The van der Waals surface area contributed by atoms with E-state index < -0.39 is 0 Å². The van der Waals surface area contributed by atoms with Crippen molar-refractivity contribution in [2.45, 2.75) is 46.1 Å². The molecule has 2 unspecified atom stereocenters. The maximum Gasteiger partial charge on any atom is 0.0631 e. The summed E-state index contributed by atoms with van der Waals surface area (Å²) in [7, 11) is 0. The van der Waals surface area contributed by atoms with Crippen LogP contribution in [-0.2, 0) is 0 Å². The monoisotopic (exact) mass is 229 g/mol. The number of aliphatic hydroxyl groups excluding tert-OH is 2. The Bertz CT molecular complexity index is 200. The first-order chi connectivity index (χ1) is 7.51. The summed E-state index contributed by atoms with van der Waals surface area (Å²) in [4.78, 5) is 2.27. The molecule has 0 aromatic rings. The summed E-state index contributed by atoms with van der Waals surface area (Å²) in [6.07, 6.45) is 3.13. The van der Waals surface area contributed by atoms with Crippen LogP contribution in [0.5, 0.6) is 0 Å². The van der Waals surface area contributed by atoms with Gasteiger partial charge in [0, 0.05) is 13.1 Å². The number of aliphatic hydroxyl groups is 2. The topological polar surface area (TPSA) is 43.7 Å². The molecule has 0 spiro atoms. The number of rotatable bonds is 6. The number of nitrogens with zero attached hydrogens (tertiary/aromatic N) is 1. The Morgan fingerprint density at radius 3 is 2.44 bits per heavy atom. The fourth-order valence-electron chi connectivity index (χ4n) is 2.78. The van der Waals surface area contributed by atoms with Gasteiger partial charge in [-0.2, -0.15) is 0 Å². The van der Waals surface area contributed by atoms with Crippen LogP contribution in [0.15, 0.2) is 0 Å². The second-order valence-electron chi connectivity index (χ2n) is 5.76. The van der Waals surface area contributed by atoms with Gasteiger partial charge in [0.2, 0.25) is 0 Å². The minimum absolute atomic E-state index is 0.0712. The summed E-state index contributed by atoms with van der Waals surface area (Å²) < 4.78 is 0. The zero-order valence-electron chi connectivity index (χ0n) is 10.9. The van der Waals surface area contributed by atoms with Gasteiger partial charge < -0.3 is 15.1 Å². The molecular weight excluding hydrogens is 202 g/mol. The highest BCUT2D eigenvalue weighted by Crippen LogP contribution is 2.41. The molecule has 0 aromatic carbocycles. The zero-order chi connectivity index (χ0) is 12.2. The molecule has 2 N–H and O–H groups in total. The molecule has 0 aromatic heterocycles. The SMILES string of the molecule is CCCN(CCO)CC1CCC(C)(C)C1O. The Morgan fingerprint density at radius 2 is 2.00 bits per heavy atom. The van der Waals surface area contributed by atoms with Crippen LogP contribution in [0.3, 0.4) is 0 Å². The maximum atomic E-state index is 10.2. The van der Waals surface area contributed by atoms with Crippen molar-refractivity contribution in [1.29, 1.82) is 0 Å². The molecule has 1 aliphatic carbocycles. The van der Waals surface area contributed by atoms with Crippen molar-refractivity contribution in [3.05, 3.63) is 0 Å². The summed E-state index contributed by atoms with van der Waals surface area (Å²) in [5, 5.41) is 19.2. The summed E-state index contributed by atoms with van der Waals surface area (Å²) in [5.74, 6) is 0.382. The zero-order valence-corrected chi connectivity index (χ0v) is 10.9. The summed E-state index contributed by atoms with van der Waals surface area (Å²) in [5.41, 5.74) is 0.0712. The third-order valence-electron chi connectivity index (χ3n) is 3.86. The first-order valence-corrected chi connectivity index (χ1v) is 6.52. The van der Waals surface area contributed by atoms with Gasteiger partial charge in [-0.05, 0) is 37.1 Å². The Hall–Kier alpha value is -0.120. The third kappa shape index (κ3) is 3.44. The minimum atomic E-state index is -0.189. The normalized spacial score (nSPS) is 28.9. The van der Waals surface area contributed by atoms with E-state index in [2.05, 4.69) is 25.7 Å². The molecule has 0 bridgehead atoms. The Balaban J connectivity index is 2.46. The van der Waals surface area contributed by atoms with E-state index in [4.69, 9.17) is 5.11 Å². The van der Waals surface area contributed by atoms with E-state index in [0.717, 1.165) is 38.9 Å². The van der Waals surface area contributed by atoms with Crippen molar-refractivity contribution in [3.63, 3.8) is 0 Å². The van der Waals surface area contributed by atoms with Crippen molar-refractivity contribution in [2.75, 3.05) is 26.2 Å². The van der Waals surface area contributed by atoms with Gasteiger partial charge in [0.25, 0.3) is 0 Å². The van der Waals surface area contributed by atoms with Gasteiger partial charge in [0.1, 0.15) is 0 Å². The molecule has 1 saturated carbocycles. The van der Waals surface area contributed by atoms with E-state index >= 15 is 0 Å². The van der Waals surface area contributed by atoms with Crippen molar-refractivity contribution in [1.82, 2.24) is 4.90 Å². The molecule has 0 heterocycles. The first kappa shape index (κ1) is 13.9. The Labute approximate surface area is 99.5 Å². The lowest BCUT2D eigenvalue weighted by Crippen LogP contribution is -2.38. The number of hydrogen-bond donors (Lipinski definition) is 2. The molecule has 1 aliphatic rings. The predicted molar refractivity (Wildman–Crippen MR) is 66.3 cm³/mol. The second-order valence-corrected chi connectivity index (χ2v) is 5.76. The lowest BCUT2D eigenvalue weighted by molar-refractivity contribution is 0.0305. The minimum Gasteiger partial charge on any atom is -0.395 e. The van der Waals surface area contributed by atoms with Crippen LogP contribution in [0, 0.1) is 11.3 Å². The molecule has 2 atom stereocenters. The van der Waals surface area contributed by atoms with Crippen LogP contribution in [0.1, 0.15) is 40.0 Å². The molecule has 96 valence electrons. The van der Waals surface area contributed by atoms with Crippen LogP contribution in [0.2, 0.25) is 0 Å². The van der Waals surface area contributed by atoms with Crippen LogP contribution < -0.4 is 0 Å². The highest BCUT2D eigenvalue weighted by molar-refractivity contribution is 4.92. The van der Waals surface area contributed by atoms with E-state index in [1.54, 1.807) is 0 Å². The molecular formula is C13H27NO2. The van der Waals surface area contributed by atoms with Crippen LogP contribution >= 0.6 is 0 Å². The van der Waals surface area contributed by atoms with E-state index in [-0.39, 0.29) is 18.1 Å². The van der Waals surface area contributed by atoms with Gasteiger partial charge in [-0.3, -0.25) is 0 Å². The predicted octanol–water partition coefficient (Wildman–Crippen LogP) is 1.49. The smallest absolute Gasteiger partial charge is 0.0631 e. The molecule has 16 heavy (non-hydrogen) atoms. The van der Waals surface area contributed by atoms with Gasteiger partial charge >= 0.3 is 0 Å². The van der Waals surface area contributed by atoms with Crippen molar-refractivity contribution < 1.29 is 10.2 Å². The highest BCUT2D eigenvalue weighted by Gasteiger charge is 2.40. The lowest BCUT2D eigenvalue weighted by atomic mass is 9.87. The highest BCUT2D eigenvalue weighted by atomic mass is 16.3. The van der Waals surface area contributed by atoms with Crippen LogP contribution in [0.25, 0.3) is 0 Å². The Morgan fingerprint density at radius 1 is 1.31 bits per heavy atom. The standard InChI is InChI=1S/C13H27NO2/c1-4-7-14(8-9-15)10-11-5-6-13(2,3)12(11)16/h11-12,15-16H,4-10H2,1-3H3.